The number of hydrogen-bond donors (Lipinski definition) is 1. The first-order valence-corrected chi connectivity index (χ1v) is 5.38. The fraction of sp³-hybridized carbons (Fsp3) is 0.231. The highest BCUT2D eigenvalue weighted by Gasteiger charge is 2.17. The predicted octanol–water partition coefficient (Wildman–Crippen LogP) is 3.16. The summed E-state index contributed by atoms with van der Waals surface area (Å²) in [5.74, 6) is -0.345. The van der Waals surface area contributed by atoms with Gasteiger partial charge in [-0.2, -0.15) is 0 Å². The Morgan fingerprint density at radius 2 is 2.18 bits per heavy atom. The van der Waals surface area contributed by atoms with Crippen LogP contribution < -0.4 is 0 Å². The van der Waals surface area contributed by atoms with E-state index in [2.05, 4.69) is 19.0 Å². The second kappa shape index (κ2) is 4.41. The van der Waals surface area contributed by atoms with E-state index in [0.29, 0.717) is 11.7 Å². The lowest BCUT2D eigenvalue weighted by molar-refractivity contribution is 0.0697. The molecule has 0 fully saturated rings. The lowest BCUT2D eigenvalue weighted by Crippen LogP contribution is -1.96. The summed E-state index contributed by atoms with van der Waals surface area (Å²) >= 11 is 0. The Hall–Kier alpha value is -2.10. The molecule has 2 aromatic rings. The summed E-state index contributed by atoms with van der Waals surface area (Å²) in [6.45, 7) is 4.16. The van der Waals surface area contributed by atoms with Gasteiger partial charge in [-0.15, -0.1) is 0 Å². The third-order valence-corrected chi connectivity index (χ3v) is 2.62. The summed E-state index contributed by atoms with van der Waals surface area (Å²) in [6.07, 6.45) is 1.22. The number of aromatic carboxylic acids is 1. The molecule has 0 aliphatic carbocycles. The predicted molar refractivity (Wildman–Crippen MR) is 63.0 cm³/mol. The summed E-state index contributed by atoms with van der Waals surface area (Å²) in [5, 5.41) is 12.5. The summed E-state index contributed by atoms with van der Waals surface area (Å²) in [7, 11) is 0. The molecule has 17 heavy (non-hydrogen) atoms. The Morgan fingerprint density at radius 3 is 2.82 bits per heavy atom. The van der Waals surface area contributed by atoms with Gasteiger partial charge in [0.25, 0.3) is 0 Å². The van der Waals surface area contributed by atoms with Crippen LogP contribution in [0.2, 0.25) is 0 Å². The van der Waals surface area contributed by atoms with Crippen LogP contribution in [0.25, 0.3) is 11.3 Å². The number of carboxylic acid groups (broad SMARTS) is 1. The minimum atomic E-state index is -1.03. The standard InChI is InChI=1S/C13H13NO3/c1-8(2)9-4-3-5-10(6-9)12-11(13(15)16)7-14-17-12/h3-8H,1-2H3,(H,15,16). The monoisotopic (exact) mass is 231 g/mol. The molecule has 4 heteroatoms. The van der Waals surface area contributed by atoms with Gasteiger partial charge in [0.1, 0.15) is 5.56 Å². The van der Waals surface area contributed by atoms with Gasteiger partial charge in [0.2, 0.25) is 0 Å². The third kappa shape index (κ3) is 2.20. The smallest absolute Gasteiger partial charge is 0.341 e. The highest BCUT2D eigenvalue weighted by atomic mass is 16.5. The maximum Gasteiger partial charge on any atom is 0.341 e. The SMILES string of the molecule is CC(C)c1cccc(-c2oncc2C(=O)O)c1. The van der Waals surface area contributed by atoms with Gasteiger partial charge in [-0.3, -0.25) is 0 Å². The van der Waals surface area contributed by atoms with E-state index in [9.17, 15) is 4.79 Å². The van der Waals surface area contributed by atoms with Gasteiger partial charge in [0, 0.05) is 5.56 Å². The largest absolute Gasteiger partial charge is 0.477 e. The average molecular weight is 231 g/mol. The van der Waals surface area contributed by atoms with Crippen molar-refractivity contribution in [3.8, 4) is 11.3 Å². The van der Waals surface area contributed by atoms with E-state index in [-0.39, 0.29) is 5.56 Å². The molecule has 88 valence electrons. The highest BCUT2D eigenvalue weighted by Crippen LogP contribution is 2.26. The van der Waals surface area contributed by atoms with Gasteiger partial charge in [-0.1, -0.05) is 37.2 Å². The molecule has 2 rings (SSSR count). The molecular formula is C13H13NO3. The van der Waals surface area contributed by atoms with E-state index in [1.165, 1.54) is 6.20 Å². The van der Waals surface area contributed by atoms with Crippen molar-refractivity contribution < 1.29 is 14.4 Å². The molecule has 0 aliphatic rings. The van der Waals surface area contributed by atoms with Crippen molar-refractivity contribution in [1.82, 2.24) is 5.16 Å². The van der Waals surface area contributed by atoms with Crippen LogP contribution in [0.3, 0.4) is 0 Å². The number of hydrogen-bond acceptors (Lipinski definition) is 3. The number of carbonyl (C=O) groups is 1. The Bertz CT molecular complexity index is 543. The fourth-order valence-electron chi connectivity index (χ4n) is 1.64. The van der Waals surface area contributed by atoms with Gasteiger partial charge in [-0.05, 0) is 17.5 Å². The van der Waals surface area contributed by atoms with Gasteiger partial charge >= 0.3 is 5.97 Å². The third-order valence-electron chi connectivity index (χ3n) is 2.62. The Balaban J connectivity index is 2.49. The zero-order valence-electron chi connectivity index (χ0n) is 9.68. The molecule has 1 heterocycles. The number of benzene rings is 1. The summed E-state index contributed by atoms with van der Waals surface area (Å²) in [5.41, 5.74) is 1.97. The molecule has 0 bridgehead atoms. The van der Waals surface area contributed by atoms with Gasteiger partial charge < -0.3 is 9.63 Å². The van der Waals surface area contributed by atoms with Crippen LogP contribution in [0.4, 0.5) is 0 Å². The maximum atomic E-state index is 11.0. The second-order valence-corrected chi connectivity index (χ2v) is 4.15. The maximum absolute atomic E-state index is 11.0. The molecule has 0 atom stereocenters. The van der Waals surface area contributed by atoms with Crippen molar-refractivity contribution in [2.75, 3.05) is 0 Å². The minimum Gasteiger partial charge on any atom is -0.477 e. The first-order valence-electron chi connectivity index (χ1n) is 5.38. The van der Waals surface area contributed by atoms with E-state index >= 15 is 0 Å². The van der Waals surface area contributed by atoms with E-state index in [4.69, 9.17) is 9.63 Å². The van der Waals surface area contributed by atoms with E-state index in [0.717, 1.165) is 11.1 Å². The van der Waals surface area contributed by atoms with Gasteiger partial charge in [-0.25, -0.2) is 4.79 Å². The lowest BCUT2D eigenvalue weighted by atomic mass is 9.99. The van der Waals surface area contributed by atoms with Crippen molar-refractivity contribution in [2.24, 2.45) is 0 Å². The topological polar surface area (TPSA) is 63.3 Å². The first-order chi connectivity index (χ1) is 8.09. The molecule has 0 aliphatic heterocycles. The number of carboxylic acids is 1. The number of nitrogens with zero attached hydrogens (tertiary/aromatic N) is 1. The molecule has 4 nitrogen and oxygen atoms in total. The second-order valence-electron chi connectivity index (χ2n) is 4.15. The zero-order chi connectivity index (χ0) is 12.4. The van der Waals surface area contributed by atoms with E-state index in [1.807, 2.05) is 24.3 Å². The van der Waals surface area contributed by atoms with Crippen LogP contribution in [-0.2, 0) is 0 Å². The minimum absolute atomic E-state index is 0.0888. The molecule has 1 aromatic heterocycles. The average Bonchev–Trinajstić information content (AvgIpc) is 2.78. The molecule has 0 saturated carbocycles. The molecule has 0 saturated heterocycles. The first kappa shape index (κ1) is 11.4. The molecule has 1 aromatic carbocycles. The van der Waals surface area contributed by atoms with Crippen LogP contribution in [-0.4, -0.2) is 16.2 Å². The number of aromatic nitrogens is 1. The summed E-state index contributed by atoms with van der Waals surface area (Å²) in [6, 6.07) is 7.64. The Kier molecular flexibility index (Phi) is 2.95. The summed E-state index contributed by atoms with van der Waals surface area (Å²) in [4.78, 5) is 11.0. The van der Waals surface area contributed by atoms with Crippen LogP contribution in [0.5, 0.6) is 0 Å². The zero-order valence-corrected chi connectivity index (χ0v) is 9.68. The van der Waals surface area contributed by atoms with Crippen LogP contribution in [0.15, 0.2) is 35.0 Å². The molecule has 0 spiro atoms. The Morgan fingerprint density at radius 1 is 1.41 bits per heavy atom. The Labute approximate surface area is 98.9 Å². The van der Waals surface area contributed by atoms with Crippen LogP contribution in [0.1, 0.15) is 35.7 Å². The van der Waals surface area contributed by atoms with Gasteiger partial charge in [0.15, 0.2) is 5.76 Å². The van der Waals surface area contributed by atoms with E-state index < -0.39 is 5.97 Å². The molecule has 1 N–H and O–H groups in total. The van der Waals surface area contributed by atoms with Crippen LogP contribution in [0, 0.1) is 0 Å². The van der Waals surface area contributed by atoms with Crippen molar-refractivity contribution in [3.05, 3.63) is 41.6 Å². The lowest BCUT2D eigenvalue weighted by Gasteiger charge is -2.06. The fourth-order valence-corrected chi connectivity index (χ4v) is 1.64. The molecule has 0 amide bonds. The molecular weight excluding hydrogens is 218 g/mol. The number of rotatable bonds is 3. The summed E-state index contributed by atoms with van der Waals surface area (Å²) < 4.78 is 5.02. The molecule has 0 unspecified atom stereocenters. The van der Waals surface area contributed by atoms with E-state index in [1.54, 1.807) is 0 Å². The quantitative estimate of drug-likeness (QED) is 0.881. The highest BCUT2D eigenvalue weighted by molar-refractivity contribution is 5.93. The van der Waals surface area contributed by atoms with Gasteiger partial charge in [0.05, 0.1) is 6.20 Å². The van der Waals surface area contributed by atoms with Crippen LogP contribution >= 0.6 is 0 Å². The van der Waals surface area contributed by atoms with Crippen molar-refractivity contribution in [3.63, 3.8) is 0 Å². The van der Waals surface area contributed by atoms with Crippen molar-refractivity contribution in [1.29, 1.82) is 0 Å². The normalized spacial score (nSPS) is 10.8. The van der Waals surface area contributed by atoms with Crippen molar-refractivity contribution >= 4 is 5.97 Å². The molecule has 0 radical (unpaired) electrons. The van der Waals surface area contributed by atoms with Crippen molar-refractivity contribution in [2.45, 2.75) is 19.8 Å².